The van der Waals surface area contributed by atoms with Crippen LogP contribution in [0.25, 0.3) is 33.5 Å². The van der Waals surface area contributed by atoms with Gasteiger partial charge in [0.1, 0.15) is 11.8 Å². The number of nitrogens with zero attached hydrogens (tertiary/aromatic N) is 2. The highest BCUT2D eigenvalue weighted by atomic mass is 16.3. The van der Waals surface area contributed by atoms with Crippen LogP contribution in [0.3, 0.4) is 0 Å². The zero-order chi connectivity index (χ0) is 14.9. The minimum atomic E-state index is 0.634. The summed E-state index contributed by atoms with van der Waals surface area (Å²) in [6, 6.07) is 15.8. The molecule has 0 aliphatic carbocycles. The second-order valence-electron chi connectivity index (χ2n) is 4.96. The van der Waals surface area contributed by atoms with E-state index < -0.39 is 0 Å². The van der Waals surface area contributed by atoms with E-state index in [9.17, 15) is 5.26 Å². The fourth-order valence-electron chi connectivity index (χ4n) is 2.64. The van der Waals surface area contributed by atoms with Crippen LogP contribution < -0.4 is 0 Å². The van der Waals surface area contributed by atoms with Crippen LogP contribution in [0.15, 0.2) is 65.5 Å². The van der Waals surface area contributed by atoms with Crippen LogP contribution in [0.5, 0.6) is 0 Å². The molecule has 0 spiro atoms. The van der Waals surface area contributed by atoms with Gasteiger partial charge < -0.3 is 9.40 Å². The molecule has 0 unspecified atom stereocenters. The molecule has 3 aromatic heterocycles. The third-order valence-electron chi connectivity index (χ3n) is 3.69. The number of nitrogens with one attached hydrogen (secondary N) is 1. The monoisotopic (exact) mass is 285 g/mol. The second-order valence-corrected chi connectivity index (χ2v) is 4.96. The van der Waals surface area contributed by atoms with E-state index in [-0.39, 0.29) is 0 Å². The zero-order valence-corrected chi connectivity index (χ0v) is 11.6. The van der Waals surface area contributed by atoms with Crippen LogP contribution in [-0.4, -0.2) is 9.97 Å². The van der Waals surface area contributed by atoms with Crippen molar-refractivity contribution >= 4 is 10.9 Å². The Balaban J connectivity index is 1.96. The molecule has 0 saturated carbocycles. The van der Waals surface area contributed by atoms with E-state index in [0.29, 0.717) is 5.56 Å². The van der Waals surface area contributed by atoms with Crippen molar-refractivity contribution < 1.29 is 4.42 Å². The second kappa shape index (κ2) is 4.90. The molecule has 4 rings (SSSR count). The molecule has 4 heteroatoms. The molecule has 0 aliphatic heterocycles. The largest absolute Gasteiger partial charge is 0.464 e. The van der Waals surface area contributed by atoms with Crippen molar-refractivity contribution in [2.75, 3.05) is 0 Å². The highest BCUT2D eigenvalue weighted by molar-refractivity contribution is 5.95. The number of rotatable bonds is 2. The summed E-state index contributed by atoms with van der Waals surface area (Å²) in [7, 11) is 0. The van der Waals surface area contributed by atoms with Crippen molar-refractivity contribution in [2.24, 2.45) is 0 Å². The molecule has 22 heavy (non-hydrogen) atoms. The molecular weight excluding hydrogens is 274 g/mol. The van der Waals surface area contributed by atoms with Crippen molar-refractivity contribution in [1.82, 2.24) is 9.97 Å². The number of hydrogen-bond donors (Lipinski definition) is 1. The molecule has 0 atom stereocenters. The molecule has 0 radical (unpaired) electrons. The first-order valence-corrected chi connectivity index (χ1v) is 6.87. The quantitative estimate of drug-likeness (QED) is 0.595. The van der Waals surface area contributed by atoms with Crippen LogP contribution in [0.1, 0.15) is 5.56 Å². The van der Waals surface area contributed by atoms with Gasteiger partial charge >= 0.3 is 0 Å². The molecule has 0 bridgehead atoms. The topological polar surface area (TPSA) is 65.6 Å². The Bertz CT molecular complexity index is 977. The molecule has 4 nitrogen and oxygen atoms in total. The van der Waals surface area contributed by atoms with Gasteiger partial charge in [-0.05, 0) is 42.5 Å². The normalized spacial score (nSPS) is 10.7. The zero-order valence-electron chi connectivity index (χ0n) is 11.6. The fourth-order valence-corrected chi connectivity index (χ4v) is 2.64. The first kappa shape index (κ1) is 12.4. The van der Waals surface area contributed by atoms with Gasteiger partial charge in [0.2, 0.25) is 0 Å². The van der Waals surface area contributed by atoms with Crippen LogP contribution in [0, 0.1) is 11.3 Å². The lowest BCUT2D eigenvalue weighted by atomic mass is 10.0. The fraction of sp³-hybridized carbons (Fsp3) is 0. The van der Waals surface area contributed by atoms with E-state index in [4.69, 9.17) is 4.42 Å². The van der Waals surface area contributed by atoms with Crippen molar-refractivity contribution in [3.05, 3.63) is 66.7 Å². The molecular formula is C18H11N3O. The lowest BCUT2D eigenvalue weighted by molar-refractivity contribution is 0.582. The van der Waals surface area contributed by atoms with Crippen molar-refractivity contribution in [2.45, 2.75) is 0 Å². The third kappa shape index (κ3) is 1.88. The summed E-state index contributed by atoms with van der Waals surface area (Å²) in [5, 5.41) is 10.5. The smallest absolute Gasteiger partial charge is 0.133 e. The van der Waals surface area contributed by atoms with Crippen molar-refractivity contribution in [3.8, 4) is 28.7 Å². The molecule has 0 amide bonds. The van der Waals surface area contributed by atoms with Gasteiger partial charge in [-0.2, -0.15) is 5.26 Å². The number of aromatic nitrogens is 2. The number of benzene rings is 1. The number of nitriles is 1. The number of fused-ring (bicyclic) bond motifs is 1. The summed E-state index contributed by atoms with van der Waals surface area (Å²) in [5.74, 6) is 0.789. The maximum atomic E-state index is 9.58. The highest BCUT2D eigenvalue weighted by Crippen LogP contribution is 2.32. The van der Waals surface area contributed by atoms with E-state index in [1.807, 2.05) is 42.5 Å². The van der Waals surface area contributed by atoms with Gasteiger partial charge in [-0.3, -0.25) is 4.98 Å². The van der Waals surface area contributed by atoms with E-state index in [1.165, 1.54) is 0 Å². The average molecular weight is 285 g/mol. The van der Waals surface area contributed by atoms with Gasteiger partial charge in [-0.15, -0.1) is 0 Å². The summed E-state index contributed by atoms with van der Waals surface area (Å²) >= 11 is 0. The maximum Gasteiger partial charge on any atom is 0.133 e. The Hall–Kier alpha value is -3.32. The summed E-state index contributed by atoms with van der Waals surface area (Å²) in [4.78, 5) is 7.34. The number of H-pyrrole nitrogens is 1. The van der Waals surface area contributed by atoms with Gasteiger partial charge in [0.25, 0.3) is 0 Å². The number of pyridine rings is 1. The van der Waals surface area contributed by atoms with Crippen molar-refractivity contribution in [3.63, 3.8) is 0 Å². The van der Waals surface area contributed by atoms with Gasteiger partial charge in [0.15, 0.2) is 0 Å². The molecule has 0 fully saturated rings. The SMILES string of the molecule is N#Cc1c(-c2ccncc2)[nH]c2ccc(-c3ccco3)cc12. The first-order chi connectivity index (χ1) is 10.9. The van der Waals surface area contributed by atoms with Crippen LogP contribution in [-0.2, 0) is 0 Å². The minimum Gasteiger partial charge on any atom is -0.464 e. The van der Waals surface area contributed by atoms with E-state index in [0.717, 1.165) is 33.5 Å². The van der Waals surface area contributed by atoms with E-state index >= 15 is 0 Å². The van der Waals surface area contributed by atoms with Crippen LogP contribution in [0.2, 0.25) is 0 Å². The Morgan fingerprint density at radius 2 is 1.91 bits per heavy atom. The van der Waals surface area contributed by atoms with Gasteiger partial charge in [-0.1, -0.05) is 0 Å². The average Bonchev–Trinajstić information content (AvgIpc) is 3.22. The lowest BCUT2D eigenvalue weighted by Crippen LogP contribution is -1.81. The maximum absolute atomic E-state index is 9.58. The first-order valence-electron chi connectivity index (χ1n) is 6.87. The van der Waals surface area contributed by atoms with E-state index in [1.54, 1.807) is 18.7 Å². The Kier molecular flexibility index (Phi) is 2.77. The Labute approximate surface area is 126 Å². The number of furan rings is 1. The van der Waals surface area contributed by atoms with Crippen LogP contribution in [0.4, 0.5) is 0 Å². The van der Waals surface area contributed by atoms with Crippen LogP contribution >= 0.6 is 0 Å². The Morgan fingerprint density at radius 3 is 2.64 bits per heavy atom. The molecule has 104 valence electrons. The standard InChI is InChI=1S/C18H11N3O/c19-11-15-14-10-13(17-2-1-9-22-17)3-4-16(14)21-18(15)12-5-7-20-8-6-12/h1-10,21H. The molecule has 4 aromatic rings. The molecule has 0 saturated heterocycles. The molecule has 1 aromatic carbocycles. The number of hydrogen-bond acceptors (Lipinski definition) is 3. The lowest BCUT2D eigenvalue weighted by Gasteiger charge is -1.98. The Morgan fingerprint density at radius 1 is 1.05 bits per heavy atom. The highest BCUT2D eigenvalue weighted by Gasteiger charge is 2.14. The summed E-state index contributed by atoms with van der Waals surface area (Å²) in [6.07, 6.45) is 5.08. The molecule has 1 N–H and O–H groups in total. The van der Waals surface area contributed by atoms with Crippen molar-refractivity contribution in [1.29, 1.82) is 5.26 Å². The van der Waals surface area contributed by atoms with E-state index in [2.05, 4.69) is 16.0 Å². The third-order valence-corrected chi connectivity index (χ3v) is 3.69. The molecule has 0 aliphatic rings. The summed E-state index contributed by atoms with van der Waals surface area (Å²) in [6.45, 7) is 0. The molecule has 3 heterocycles. The minimum absolute atomic E-state index is 0.634. The number of aromatic amines is 1. The predicted octanol–water partition coefficient (Wildman–Crippen LogP) is 4.36. The van der Waals surface area contributed by atoms with Gasteiger partial charge in [0, 0.05) is 34.4 Å². The predicted molar refractivity (Wildman–Crippen MR) is 83.9 cm³/mol. The van der Waals surface area contributed by atoms with Gasteiger partial charge in [-0.25, -0.2) is 0 Å². The summed E-state index contributed by atoms with van der Waals surface area (Å²) in [5.41, 5.74) is 4.28. The van der Waals surface area contributed by atoms with Gasteiger partial charge in [0.05, 0.1) is 17.5 Å². The summed E-state index contributed by atoms with van der Waals surface area (Å²) < 4.78 is 5.43.